The molecule has 1 aromatic carbocycles. The van der Waals surface area contributed by atoms with Crippen LogP contribution in [0, 0.1) is 6.92 Å². The van der Waals surface area contributed by atoms with Gasteiger partial charge >= 0.3 is 0 Å². The third-order valence-corrected chi connectivity index (χ3v) is 2.32. The SMILES string of the molecule is COn1cc(O)c2ccc(C)cc2c1=O. The Balaban J connectivity index is 2.95. The first kappa shape index (κ1) is 9.58. The molecule has 0 radical (unpaired) electrons. The Hall–Kier alpha value is -1.97. The van der Waals surface area contributed by atoms with Crippen molar-refractivity contribution in [3.63, 3.8) is 0 Å². The molecule has 0 aliphatic rings. The number of aromatic nitrogens is 1. The molecular weight excluding hydrogens is 194 g/mol. The van der Waals surface area contributed by atoms with Gasteiger partial charge in [-0.3, -0.25) is 4.79 Å². The highest BCUT2D eigenvalue weighted by Crippen LogP contribution is 2.21. The lowest BCUT2D eigenvalue weighted by molar-refractivity contribution is 0.156. The number of hydrogen-bond donors (Lipinski definition) is 1. The van der Waals surface area contributed by atoms with Gasteiger partial charge in [0.15, 0.2) is 0 Å². The van der Waals surface area contributed by atoms with Gasteiger partial charge in [-0.15, -0.1) is 4.73 Å². The van der Waals surface area contributed by atoms with Gasteiger partial charge in [0.05, 0.1) is 11.6 Å². The summed E-state index contributed by atoms with van der Waals surface area (Å²) in [5.41, 5.74) is 0.696. The van der Waals surface area contributed by atoms with Crippen molar-refractivity contribution < 1.29 is 9.94 Å². The minimum Gasteiger partial charge on any atom is -0.506 e. The molecule has 0 aliphatic heterocycles. The number of fused-ring (bicyclic) bond motifs is 1. The van der Waals surface area contributed by atoms with Crippen LogP contribution in [0.5, 0.6) is 5.75 Å². The van der Waals surface area contributed by atoms with E-state index in [1.807, 2.05) is 13.0 Å². The van der Waals surface area contributed by atoms with Crippen molar-refractivity contribution in [3.8, 4) is 5.75 Å². The summed E-state index contributed by atoms with van der Waals surface area (Å²) in [6.45, 7) is 1.89. The first-order chi connectivity index (χ1) is 7.13. The van der Waals surface area contributed by atoms with Crippen LogP contribution in [-0.4, -0.2) is 16.9 Å². The molecule has 0 spiro atoms. The molecule has 0 bridgehead atoms. The smallest absolute Gasteiger partial charge is 0.291 e. The summed E-state index contributed by atoms with van der Waals surface area (Å²) < 4.78 is 1.01. The Morgan fingerprint density at radius 2 is 2.07 bits per heavy atom. The third-order valence-electron chi connectivity index (χ3n) is 2.32. The number of rotatable bonds is 1. The van der Waals surface area contributed by atoms with E-state index in [1.54, 1.807) is 12.1 Å². The van der Waals surface area contributed by atoms with Crippen molar-refractivity contribution in [1.82, 2.24) is 4.73 Å². The predicted octanol–water partition coefficient (Wildman–Crippen LogP) is 1.07. The van der Waals surface area contributed by atoms with Crippen molar-refractivity contribution in [2.75, 3.05) is 7.11 Å². The zero-order chi connectivity index (χ0) is 11.0. The highest BCUT2D eigenvalue weighted by Gasteiger charge is 2.07. The van der Waals surface area contributed by atoms with Crippen molar-refractivity contribution in [1.29, 1.82) is 0 Å². The van der Waals surface area contributed by atoms with Gasteiger partial charge in [0.1, 0.15) is 12.9 Å². The zero-order valence-electron chi connectivity index (χ0n) is 8.52. The van der Waals surface area contributed by atoms with Crippen LogP contribution in [0.1, 0.15) is 5.56 Å². The molecule has 0 fully saturated rings. The first-order valence-corrected chi connectivity index (χ1v) is 4.53. The van der Waals surface area contributed by atoms with E-state index in [1.165, 1.54) is 13.3 Å². The number of hydrogen-bond acceptors (Lipinski definition) is 3. The summed E-state index contributed by atoms with van der Waals surface area (Å²) >= 11 is 0. The summed E-state index contributed by atoms with van der Waals surface area (Å²) in [5, 5.41) is 10.7. The number of aryl methyl sites for hydroxylation is 1. The van der Waals surface area contributed by atoms with E-state index in [4.69, 9.17) is 4.84 Å². The second-order valence-corrected chi connectivity index (χ2v) is 3.38. The molecule has 4 nitrogen and oxygen atoms in total. The van der Waals surface area contributed by atoms with Gasteiger partial charge in [0.25, 0.3) is 5.56 Å². The predicted molar refractivity (Wildman–Crippen MR) is 57.1 cm³/mol. The van der Waals surface area contributed by atoms with Gasteiger partial charge in [-0.2, -0.15) is 0 Å². The topological polar surface area (TPSA) is 51.5 Å². The van der Waals surface area contributed by atoms with E-state index in [0.29, 0.717) is 10.8 Å². The average Bonchev–Trinajstić information content (AvgIpc) is 2.23. The van der Waals surface area contributed by atoms with E-state index in [0.717, 1.165) is 10.3 Å². The maximum Gasteiger partial charge on any atom is 0.291 e. The molecular formula is C11H11NO3. The molecule has 0 saturated heterocycles. The van der Waals surface area contributed by atoms with Crippen LogP contribution in [0.25, 0.3) is 10.8 Å². The fourth-order valence-electron chi connectivity index (χ4n) is 1.55. The highest BCUT2D eigenvalue weighted by molar-refractivity contribution is 5.87. The molecule has 78 valence electrons. The van der Waals surface area contributed by atoms with Gasteiger partial charge in [0.2, 0.25) is 0 Å². The summed E-state index contributed by atoms with van der Waals surface area (Å²) in [6.07, 6.45) is 1.26. The standard InChI is InChI=1S/C11H11NO3/c1-7-3-4-8-9(5-7)11(14)12(15-2)6-10(8)13/h3-6,13H,1-2H3. The lowest BCUT2D eigenvalue weighted by Gasteiger charge is -2.07. The van der Waals surface area contributed by atoms with E-state index in [-0.39, 0.29) is 11.3 Å². The van der Waals surface area contributed by atoms with E-state index in [2.05, 4.69) is 0 Å². The van der Waals surface area contributed by atoms with Crippen LogP contribution >= 0.6 is 0 Å². The molecule has 0 amide bonds. The molecule has 1 aromatic heterocycles. The Morgan fingerprint density at radius 1 is 1.33 bits per heavy atom. The Labute approximate surface area is 86.3 Å². The minimum atomic E-state index is -0.269. The fraction of sp³-hybridized carbons (Fsp3) is 0.182. The summed E-state index contributed by atoms with van der Waals surface area (Å²) in [4.78, 5) is 16.6. The monoisotopic (exact) mass is 205 g/mol. The van der Waals surface area contributed by atoms with Crippen molar-refractivity contribution in [3.05, 3.63) is 40.3 Å². The highest BCUT2D eigenvalue weighted by atomic mass is 16.6. The second kappa shape index (κ2) is 3.31. The molecule has 0 atom stereocenters. The summed E-state index contributed by atoms with van der Waals surface area (Å²) in [5.74, 6) is 0.0338. The Morgan fingerprint density at radius 3 is 2.73 bits per heavy atom. The van der Waals surface area contributed by atoms with Crippen LogP contribution in [0.4, 0.5) is 0 Å². The van der Waals surface area contributed by atoms with E-state index < -0.39 is 0 Å². The van der Waals surface area contributed by atoms with E-state index in [9.17, 15) is 9.90 Å². The molecule has 15 heavy (non-hydrogen) atoms. The lowest BCUT2D eigenvalue weighted by atomic mass is 10.1. The Bertz CT molecular complexity index is 572. The van der Waals surface area contributed by atoms with Crippen molar-refractivity contribution >= 4 is 10.8 Å². The molecule has 2 aromatic rings. The quantitative estimate of drug-likeness (QED) is 0.757. The first-order valence-electron chi connectivity index (χ1n) is 4.53. The van der Waals surface area contributed by atoms with Crippen LogP contribution in [0.2, 0.25) is 0 Å². The van der Waals surface area contributed by atoms with Gasteiger partial charge in [-0.05, 0) is 13.0 Å². The molecule has 2 rings (SSSR count). The largest absolute Gasteiger partial charge is 0.506 e. The minimum absolute atomic E-state index is 0.0338. The average molecular weight is 205 g/mol. The van der Waals surface area contributed by atoms with Gasteiger partial charge in [-0.25, -0.2) is 0 Å². The summed E-state index contributed by atoms with van der Waals surface area (Å²) in [6, 6.07) is 5.30. The molecule has 0 saturated carbocycles. The molecule has 1 heterocycles. The maximum absolute atomic E-state index is 11.8. The molecule has 0 unspecified atom stereocenters. The van der Waals surface area contributed by atoms with Gasteiger partial charge < -0.3 is 9.94 Å². The maximum atomic E-state index is 11.8. The normalized spacial score (nSPS) is 10.5. The lowest BCUT2D eigenvalue weighted by Crippen LogP contribution is -2.24. The number of pyridine rings is 1. The van der Waals surface area contributed by atoms with Gasteiger partial charge in [-0.1, -0.05) is 17.7 Å². The molecule has 4 heteroatoms. The van der Waals surface area contributed by atoms with Crippen LogP contribution < -0.4 is 10.4 Å². The number of nitrogens with zero attached hydrogens (tertiary/aromatic N) is 1. The van der Waals surface area contributed by atoms with Crippen LogP contribution in [0.15, 0.2) is 29.2 Å². The van der Waals surface area contributed by atoms with Crippen molar-refractivity contribution in [2.45, 2.75) is 6.92 Å². The zero-order valence-corrected chi connectivity index (χ0v) is 8.52. The van der Waals surface area contributed by atoms with Crippen molar-refractivity contribution in [2.24, 2.45) is 0 Å². The fourth-order valence-corrected chi connectivity index (χ4v) is 1.55. The molecule has 0 aliphatic carbocycles. The Kier molecular flexibility index (Phi) is 2.11. The van der Waals surface area contributed by atoms with E-state index >= 15 is 0 Å². The second-order valence-electron chi connectivity index (χ2n) is 3.38. The van der Waals surface area contributed by atoms with Gasteiger partial charge in [0, 0.05) is 5.39 Å². The number of aromatic hydroxyl groups is 1. The molecule has 1 N–H and O–H groups in total. The number of benzene rings is 1. The third kappa shape index (κ3) is 1.44. The van der Waals surface area contributed by atoms with Crippen LogP contribution in [-0.2, 0) is 0 Å². The van der Waals surface area contributed by atoms with Crippen LogP contribution in [0.3, 0.4) is 0 Å². The summed E-state index contributed by atoms with van der Waals surface area (Å²) in [7, 11) is 1.38.